The summed E-state index contributed by atoms with van der Waals surface area (Å²) in [6.07, 6.45) is 0.533. The maximum atomic E-state index is 13.1. The summed E-state index contributed by atoms with van der Waals surface area (Å²) in [6.45, 7) is 0.714. The van der Waals surface area contributed by atoms with Crippen LogP contribution < -0.4 is 4.74 Å². The van der Waals surface area contributed by atoms with Crippen LogP contribution >= 0.6 is 31.9 Å². The van der Waals surface area contributed by atoms with E-state index in [0.29, 0.717) is 13.0 Å². The maximum Gasteiger partial charge on any atom is 0.137 e. The van der Waals surface area contributed by atoms with Crippen molar-refractivity contribution in [2.75, 3.05) is 27.7 Å². The van der Waals surface area contributed by atoms with Crippen molar-refractivity contribution >= 4 is 53.4 Å². The third kappa shape index (κ3) is 5.01. The predicted molar refractivity (Wildman–Crippen MR) is 165 cm³/mol. The number of nitrogens with zero attached hydrogens (tertiary/aromatic N) is 1. The molecule has 0 amide bonds. The fraction of sp³-hybridized carbons (Fsp3) is 0.212. The largest absolute Gasteiger partial charge is 0.495 e. The van der Waals surface area contributed by atoms with Crippen molar-refractivity contribution in [2.45, 2.75) is 17.9 Å². The van der Waals surface area contributed by atoms with E-state index in [1.165, 1.54) is 0 Å². The first-order chi connectivity index (χ1) is 18.3. The van der Waals surface area contributed by atoms with Crippen molar-refractivity contribution in [3.8, 4) is 5.75 Å². The van der Waals surface area contributed by atoms with Gasteiger partial charge < -0.3 is 14.7 Å². The fourth-order valence-electron chi connectivity index (χ4n) is 5.55. The Morgan fingerprint density at radius 1 is 0.816 bits per heavy atom. The third-order valence-electron chi connectivity index (χ3n) is 7.34. The van der Waals surface area contributed by atoms with Crippen LogP contribution in [0.25, 0.3) is 21.5 Å². The first-order valence-corrected chi connectivity index (χ1v) is 14.3. The Kier molecular flexibility index (Phi) is 7.92. The second kappa shape index (κ2) is 11.2. The van der Waals surface area contributed by atoms with E-state index in [1.54, 1.807) is 7.11 Å². The molecule has 3 nitrogen and oxygen atoms in total. The van der Waals surface area contributed by atoms with Gasteiger partial charge in [0.05, 0.1) is 11.6 Å². The van der Waals surface area contributed by atoms with E-state index < -0.39 is 11.5 Å². The van der Waals surface area contributed by atoms with Crippen molar-refractivity contribution in [1.82, 2.24) is 4.90 Å². The topological polar surface area (TPSA) is 32.7 Å². The third-order valence-corrected chi connectivity index (χ3v) is 8.62. The highest BCUT2D eigenvalue weighted by Gasteiger charge is 2.43. The van der Waals surface area contributed by atoms with E-state index in [1.807, 2.05) is 56.6 Å². The fourth-order valence-corrected chi connectivity index (χ4v) is 6.68. The van der Waals surface area contributed by atoms with Crippen LogP contribution in [0.15, 0.2) is 106 Å². The van der Waals surface area contributed by atoms with Crippen LogP contribution in [0.4, 0.5) is 0 Å². The van der Waals surface area contributed by atoms with Crippen molar-refractivity contribution in [2.24, 2.45) is 0 Å². The number of hydrogen-bond acceptors (Lipinski definition) is 3. The van der Waals surface area contributed by atoms with Crippen molar-refractivity contribution in [1.29, 1.82) is 0 Å². The molecular formula is C33H31Br2NO2. The van der Waals surface area contributed by atoms with Crippen molar-refractivity contribution < 1.29 is 9.84 Å². The highest BCUT2D eigenvalue weighted by atomic mass is 79.9. The Hall–Kier alpha value is -2.70. The van der Waals surface area contributed by atoms with Gasteiger partial charge in [-0.3, -0.25) is 0 Å². The molecule has 5 aromatic carbocycles. The quantitative estimate of drug-likeness (QED) is 0.186. The molecule has 38 heavy (non-hydrogen) atoms. The van der Waals surface area contributed by atoms with Gasteiger partial charge in [0.25, 0.3) is 0 Å². The van der Waals surface area contributed by atoms with Gasteiger partial charge in [-0.05, 0) is 87.3 Å². The molecule has 0 bridgehead atoms. The molecule has 5 heteroatoms. The van der Waals surface area contributed by atoms with Crippen LogP contribution in [0, 0.1) is 0 Å². The maximum absolute atomic E-state index is 13.1. The zero-order valence-corrected chi connectivity index (χ0v) is 25.0. The van der Waals surface area contributed by atoms with E-state index in [2.05, 4.69) is 91.4 Å². The molecule has 0 aliphatic carbocycles. The first-order valence-electron chi connectivity index (χ1n) is 12.7. The van der Waals surface area contributed by atoms with E-state index in [9.17, 15) is 5.11 Å². The van der Waals surface area contributed by atoms with Crippen LogP contribution in [0.5, 0.6) is 5.75 Å². The lowest BCUT2D eigenvalue weighted by atomic mass is 9.70. The smallest absolute Gasteiger partial charge is 0.137 e. The number of halogens is 2. The normalized spacial score (nSPS) is 14.1. The molecule has 0 aliphatic rings. The molecule has 0 heterocycles. The summed E-state index contributed by atoms with van der Waals surface area (Å²) >= 11 is 7.49. The van der Waals surface area contributed by atoms with E-state index in [-0.39, 0.29) is 0 Å². The number of fused-ring (bicyclic) bond motifs is 2. The summed E-state index contributed by atoms with van der Waals surface area (Å²) in [5.74, 6) is 0.335. The summed E-state index contributed by atoms with van der Waals surface area (Å²) in [5, 5.41) is 17.4. The molecule has 2 unspecified atom stereocenters. The minimum Gasteiger partial charge on any atom is -0.495 e. The van der Waals surface area contributed by atoms with E-state index in [0.717, 1.165) is 52.9 Å². The molecule has 1 N–H and O–H groups in total. The van der Waals surface area contributed by atoms with Gasteiger partial charge in [-0.15, -0.1) is 0 Å². The molecule has 0 spiro atoms. The van der Waals surface area contributed by atoms with Crippen LogP contribution in [0.1, 0.15) is 29.0 Å². The van der Waals surface area contributed by atoms with Gasteiger partial charge >= 0.3 is 0 Å². The van der Waals surface area contributed by atoms with Gasteiger partial charge in [-0.1, -0.05) is 94.8 Å². The lowest BCUT2D eigenvalue weighted by molar-refractivity contribution is 0.00532. The Morgan fingerprint density at radius 2 is 1.53 bits per heavy atom. The Balaban J connectivity index is 1.87. The SMILES string of the molecule is COc1c(C(c2ccccc2)C(O)(CCN(C)C)c2cccc3ccccc23)cc2cc(Br)ccc2c1Br. The van der Waals surface area contributed by atoms with Crippen molar-refractivity contribution in [3.63, 3.8) is 0 Å². The van der Waals surface area contributed by atoms with Gasteiger partial charge in [-0.2, -0.15) is 0 Å². The second-order valence-corrected chi connectivity index (χ2v) is 11.7. The average molecular weight is 633 g/mol. The van der Waals surface area contributed by atoms with Gasteiger partial charge in [0.2, 0.25) is 0 Å². The zero-order valence-electron chi connectivity index (χ0n) is 21.8. The first kappa shape index (κ1) is 26.9. The minimum atomic E-state index is -1.24. The summed E-state index contributed by atoms with van der Waals surface area (Å²) in [4.78, 5) is 2.13. The predicted octanol–water partition coefficient (Wildman–Crippen LogP) is 8.50. The molecule has 0 aliphatic heterocycles. The second-order valence-electron chi connectivity index (χ2n) is 10.0. The van der Waals surface area contributed by atoms with Gasteiger partial charge in [0, 0.05) is 22.5 Å². The summed E-state index contributed by atoms with van der Waals surface area (Å²) in [5.41, 5.74) is 1.64. The molecule has 0 saturated carbocycles. The number of rotatable bonds is 8. The summed E-state index contributed by atoms with van der Waals surface area (Å²) in [7, 11) is 5.80. The molecular weight excluding hydrogens is 602 g/mol. The minimum absolute atomic E-state index is 0.399. The number of ether oxygens (including phenoxy) is 1. The zero-order chi connectivity index (χ0) is 26.9. The molecule has 0 radical (unpaired) electrons. The van der Waals surface area contributed by atoms with E-state index >= 15 is 0 Å². The molecule has 0 fully saturated rings. The van der Waals surface area contributed by atoms with Gasteiger partial charge in [-0.25, -0.2) is 0 Å². The molecule has 2 atom stereocenters. The van der Waals surface area contributed by atoms with Crippen LogP contribution in [0.2, 0.25) is 0 Å². The molecule has 194 valence electrons. The van der Waals surface area contributed by atoms with Crippen LogP contribution in [0.3, 0.4) is 0 Å². The Labute approximate surface area is 241 Å². The number of hydrogen-bond donors (Lipinski definition) is 1. The van der Waals surface area contributed by atoms with Gasteiger partial charge in [0.15, 0.2) is 0 Å². The average Bonchev–Trinajstić information content (AvgIpc) is 2.92. The number of methoxy groups -OCH3 is 1. The summed E-state index contributed by atoms with van der Waals surface area (Å²) < 4.78 is 7.97. The van der Waals surface area contributed by atoms with E-state index in [4.69, 9.17) is 4.74 Å². The lowest BCUT2D eigenvalue weighted by Crippen LogP contribution is -2.38. The molecule has 5 aromatic rings. The molecule has 0 saturated heterocycles. The van der Waals surface area contributed by atoms with Crippen LogP contribution in [-0.2, 0) is 5.60 Å². The van der Waals surface area contributed by atoms with Crippen LogP contribution in [-0.4, -0.2) is 37.8 Å². The number of benzene rings is 5. The highest BCUT2D eigenvalue weighted by molar-refractivity contribution is 9.11. The number of aliphatic hydroxyl groups is 1. The molecule has 0 aromatic heterocycles. The monoisotopic (exact) mass is 631 g/mol. The highest BCUT2D eigenvalue weighted by Crippen LogP contribution is 2.51. The molecule has 5 rings (SSSR count). The lowest BCUT2D eigenvalue weighted by Gasteiger charge is -2.40. The standard InChI is InChI=1S/C33H31Br2NO2/c1-36(2)19-18-33(37,29-15-9-13-22-10-7-8-14-26(22)29)30(23-11-5-4-6-12-23)28-21-24-20-25(34)16-17-27(24)31(35)32(28)38-3/h4-17,20-21,30,37H,18-19H2,1-3H3. The Bertz CT molecular complexity index is 1580. The van der Waals surface area contributed by atoms with Crippen molar-refractivity contribution in [3.05, 3.63) is 123 Å². The van der Waals surface area contributed by atoms with Gasteiger partial charge in [0.1, 0.15) is 11.4 Å². The summed E-state index contributed by atoms with van der Waals surface area (Å²) in [6, 6.07) is 33.2. The Morgan fingerprint density at radius 3 is 2.26 bits per heavy atom.